The highest BCUT2D eigenvalue weighted by atomic mass is 32.2. The molecule has 1 saturated heterocycles. The van der Waals surface area contributed by atoms with Gasteiger partial charge in [-0.3, -0.25) is 4.90 Å². The fourth-order valence-electron chi connectivity index (χ4n) is 1.35. The summed E-state index contributed by atoms with van der Waals surface area (Å²) in [4.78, 5) is 12.3. The molecule has 1 fully saturated rings. The monoisotopic (exact) mass is 259 g/mol. The molecule has 94 valence electrons. The van der Waals surface area contributed by atoms with Crippen LogP contribution in [0, 0.1) is 0 Å². The number of alkyl halides is 3. The lowest BCUT2D eigenvalue weighted by Crippen LogP contribution is -2.46. The molecular weight excluding hydrogens is 247 g/mol. The number of carboxylic acid groups (broad SMARTS) is 1. The van der Waals surface area contributed by atoms with Crippen LogP contribution in [0.3, 0.4) is 0 Å². The molecular formula is C8H12F3NO3S. The quantitative estimate of drug-likeness (QED) is 0.817. The minimum atomic E-state index is -4.22. The van der Waals surface area contributed by atoms with E-state index in [9.17, 15) is 18.0 Å². The van der Waals surface area contributed by atoms with Crippen molar-refractivity contribution in [2.45, 2.75) is 11.6 Å². The number of carbonyl (C=O) groups is 1. The fraction of sp³-hybridized carbons (Fsp3) is 0.875. The Morgan fingerprint density at radius 3 is 2.81 bits per heavy atom. The Bertz CT molecular complexity index is 249. The third kappa shape index (κ3) is 5.04. The van der Waals surface area contributed by atoms with Crippen LogP contribution in [0.5, 0.6) is 0 Å². The normalized spacial score (nSPS) is 23.3. The van der Waals surface area contributed by atoms with Gasteiger partial charge in [0.15, 0.2) is 6.10 Å². The average molecular weight is 259 g/mol. The van der Waals surface area contributed by atoms with Crippen LogP contribution < -0.4 is 0 Å². The molecule has 0 saturated carbocycles. The summed E-state index contributed by atoms with van der Waals surface area (Å²) in [7, 11) is 0. The first-order valence-electron chi connectivity index (χ1n) is 4.66. The number of hydrogen-bond donors (Lipinski definition) is 1. The molecule has 1 heterocycles. The summed E-state index contributed by atoms with van der Waals surface area (Å²) in [6, 6.07) is 0. The van der Waals surface area contributed by atoms with Gasteiger partial charge in [0.05, 0.1) is 6.61 Å². The second-order valence-electron chi connectivity index (χ2n) is 3.29. The molecule has 0 aromatic rings. The largest absolute Gasteiger partial charge is 0.479 e. The smallest absolute Gasteiger partial charge is 0.441 e. The van der Waals surface area contributed by atoms with E-state index in [0.717, 1.165) is 0 Å². The van der Waals surface area contributed by atoms with E-state index >= 15 is 0 Å². The highest BCUT2D eigenvalue weighted by Gasteiger charge is 2.29. The van der Waals surface area contributed by atoms with E-state index in [-0.39, 0.29) is 37.2 Å². The molecule has 4 nitrogen and oxygen atoms in total. The fourth-order valence-corrected chi connectivity index (χ4v) is 1.93. The molecule has 0 aliphatic carbocycles. The van der Waals surface area contributed by atoms with Crippen LogP contribution in [0.1, 0.15) is 0 Å². The summed E-state index contributed by atoms with van der Waals surface area (Å²) in [5, 5.41) is 8.67. The van der Waals surface area contributed by atoms with Crippen LogP contribution in [0.2, 0.25) is 0 Å². The molecule has 0 amide bonds. The van der Waals surface area contributed by atoms with Gasteiger partial charge in [0, 0.05) is 25.4 Å². The Balaban J connectivity index is 2.24. The van der Waals surface area contributed by atoms with E-state index in [4.69, 9.17) is 9.84 Å². The maximum absolute atomic E-state index is 11.8. The Labute approximate surface area is 94.7 Å². The number of ether oxygens (including phenoxy) is 1. The third-order valence-corrected chi connectivity index (χ3v) is 2.81. The molecule has 1 unspecified atom stereocenters. The van der Waals surface area contributed by atoms with Gasteiger partial charge in [0.25, 0.3) is 0 Å². The van der Waals surface area contributed by atoms with Crippen molar-refractivity contribution in [3.63, 3.8) is 0 Å². The molecule has 0 aromatic carbocycles. The second-order valence-corrected chi connectivity index (χ2v) is 4.45. The number of morpholine rings is 1. The Kier molecular flexibility index (Phi) is 4.88. The van der Waals surface area contributed by atoms with Crippen molar-refractivity contribution < 1.29 is 27.8 Å². The molecule has 1 aliphatic rings. The summed E-state index contributed by atoms with van der Waals surface area (Å²) in [6.07, 6.45) is -0.926. The lowest BCUT2D eigenvalue weighted by atomic mass is 10.3. The first-order chi connectivity index (χ1) is 7.38. The SMILES string of the molecule is O=C(O)C1CN(CCSC(F)(F)F)CCO1. The van der Waals surface area contributed by atoms with Gasteiger partial charge in [-0.1, -0.05) is 0 Å². The molecule has 0 bridgehead atoms. The second kappa shape index (κ2) is 5.74. The molecule has 16 heavy (non-hydrogen) atoms. The average Bonchev–Trinajstić information content (AvgIpc) is 2.16. The van der Waals surface area contributed by atoms with E-state index in [1.54, 1.807) is 4.90 Å². The van der Waals surface area contributed by atoms with Crippen molar-refractivity contribution in [2.24, 2.45) is 0 Å². The maximum atomic E-state index is 11.8. The summed E-state index contributed by atoms with van der Waals surface area (Å²) in [5.74, 6) is -1.16. The summed E-state index contributed by atoms with van der Waals surface area (Å²) in [6.45, 7) is 1.08. The van der Waals surface area contributed by atoms with Gasteiger partial charge in [0.2, 0.25) is 0 Å². The minimum absolute atomic E-state index is 0.0875. The van der Waals surface area contributed by atoms with Crippen molar-refractivity contribution >= 4 is 17.7 Å². The van der Waals surface area contributed by atoms with Crippen LogP contribution in [-0.4, -0.2) is 59.6 Å². The first-order valence-corrected chi connectivity index (χ1v) is 5.64. The van der Waals surface area contributed by atoms with Crippen molar-refractivity contribution in [1.82, 2.24) is 4.90 Å². The Morgan fingerprint density at radius 1 is 1.56 bits per heavy atom. The minimum Gasteiger partial charge on any atom is -0.479 e. The molecule has 0 aromatic heterocycles. The lowest BCUT2D eigenvalue weighted by Gasteiger charge is -2.30. The number of hydrogen-bond acceptors (Lipinski definition) is 4. The summed E-state index contributed by atoms with van der Waals surface area (Å²) >= 11 is -0.0931. The predicted molar refractivity (Wildman–Crippen MR) is 52.3 cm³/mol. The predicted octanol–water partition coefficient (Wildman–Crippen LogP) is 1.02. The third-order valence-electron chi connectivity index (χ3n) is 2.10. The number of halogens is 3. The zero-order valence-electron chi connectivity index (χ0n) is 8.37. The van der Waals surface area contributed by atoms with Crippen LogP contribution in [0.25, 0.3) is 0 Å². The number of rotatable bonds is 4. The van der Waals surface area contributed by atoms with Crippen molar-refractivity contribution in [1.29, 1.82) is 0 Å². The van der Waals surface area contributed by atoms with E-state index in [1.807, 2.05) is 0 Å². The molecule has 1 rings (SSSR count). The number of nitrogens with zero attached hydrogens (tertiary/aromatic N) is 1. The highest BCUT2D eigenvalue weighted by Crippen LogP contribution is 2.29. The number of thioether (sulfide) groups is 1. The van der Waals surface area contributed by atoms with Gasteiger partial charge in [-0.2, -0.15) is 13.2 Å². The van der Waals surface area contributed by atoms with E-state index in [1.165, 1.54) is 0 Å². The molecule has 1 atom stereocenters. The van der Waals surface area contributed by atoms with Crippen molar-refractivity contribution in [3.05, 3.63) is 0 Å². The number of carboxylic acids is 1. The first kappa shape index (κ1) is 13.6. The molecule has 0 spiro atoms. The van der Waals surface area contributed by atoms with Gasteiger partial charge in [-0.05, 0) is 11.8 Å². The van der Waals surface area contributed by atoms with E-state index in [2.05, 4.69) is 0 Å². The van der Waals surface area contributed by atoms with E-state index < -0.39 is 17.6 Å². The van der Waals surface area contributed by atoms with Crippen LogP contribution in [0.15, 0.2) is 0 Å². The van der Waals surface area contributed by atoms with Gasteiger partial charge in [-0.25, -0.2) is 4.79 Å². The zero-order chi connectivity index (χ0) is 12.2. The van der Waals surface area contributed by atoms with Crippen LogP contribution >= 0.6 is 11.8 Å². The van der Waals surface area contributed by atoms with Crippen LogP contribution in [-0.2, 0) is 9.53 Å². The van der Waals surface area contributed by atoms with Crippen LogP contribution in [0.4, 0.5) is 13.2 Å². The van der Waals surface area contributed by atoms with Gasteiger partial charge < -0.3 is 9.84 Å². The number of aliphatic carboxylic acids is 1. The highest BCUT2D eigenvalue weighted by molar-refractivity contribution is 8.00. The summed E-state index contributed by atoms with van der Waals surface area (Å²) in [5.41, 5.74) is -4.22. The standard InChI is InChI=1S/C8H12F3NO3S/c9-8(10,11)16-4-2-12-1-3-15-6(5-12)7(13)14/h6H,1-5H2,(H,13,14). The van der Waals surface area contributed by atoms with Gasteiger partial charge in [-0.15, -0.1) is 0 Å². The zero-order valence-corrected chi connectivity index (χ0v) is 9.18. The summed E-state index contributed by atoms with van der Waals surface area (Å²) < 4.78 is 40.5. The van der Waals surface area contributed by atoms with Crippen molar-refractivity contribution in [3.8, 4) is 0 Å². The van der Waals surface area contributed by atoms with Crippen molar-refractivity contribution in [2.75, 3.05) is 32.0 Å². The lowest BCUT2D eigenvalue weighted by molar-refractivity contribution is -0.155. The molecule has 0 radical (unpaired) electrons. The van der Waals surface area contributed by atoms with E-state index in [0.29, 0.717) is 6.54 Å². The molecule has 1 aliphatic heterocycles. The topological polar surface area (TPSA) is 49.8 Å². The van der Waals surface area contributed by atoms with Gasteiger partial charge in [0.1, 0.15) is 0 Å². The Morgan fingerprint density at radius 2 is 2.25 bits per heavy atom. The maximum Gasteiger partial charge on any atom is 0.441 e. The molecule has 8 heteroatoms. The Hall–Kier alpha value is -0.470. The molecule has 1 N–H and O–H groups in total. The van der Waals surface area contributed by atoms with Gasteiger partial charge >= 0.3 is 11.5 Å².